The molecule has 1 aliphatic rings. The lowest BCUT2D eigenvalue weighted by atomic mass is 10.1. The van der Waals surface area contributed by atoms with Crippen LogP contribution in [0.4, 0.5) is 0 Å². The van der Waals surface area contributed by atoms with Crippen LogP contribution in [-0.2, 0) is 10.0 Å². The SMILES string of the molecule is C=CCNS(=O)(=O)c1cccc(C(=O)NC2CCNCC2)c1. The number of amides is 1. The number of rotatable bonds is 6. The Morgan fingerprint density at radius 3 is 2.77 bits per heavy atom. The van der Waals surface area contributed by atoms with E-state index in [-0.39, 0.29) is 23.4 Å². The molecule has 6 nitrogen and oxygen atoms in total. The van der Waals surface area contributed by atoms with Crippen LogP contribution >= 0.6 is 0 Å². The maximum atomic E-state index is 12.2. The molecule has 0 aliphatic carbocycles. The summed E-state index contributed by atoms with van der Waals surface area (Å²) >= 11 is 0. The second-order valence-corrected chi connectivity index (χ2v) is 6.93. The molecule has 1 amide bonds. The van der Waals surface area contributed by atoms with Crippen molar-refractivity contribution in [2.45, 2.75) is 23.8 Å². The maximum Gasteiger partial charge on any atom is 0.251 e. The zero-order valence-electron chi connectivity index (χ0n) is 12.3. The van der Waals surface area contributed by atoms with E-state index in [1.807, 2.05) is 0 Å². The van der Waals surface area contributed by atoms with E-state index in [0.717, 1.165) is 25.9 Å². The van der Waals surface area contributed by atoms with Gasteiger partial charge in [-0.1, -0.05) is 12.1 Å². The Hall–Kier alpha value is -1.70. The molecular weight excluding hydrogens is 302 g/mol. The van der Waals surface area contributed by atoms with Gasteiger partial charge in [0, 0.05) is 18.2 Å². The molecule has 2 rings (SSSR count). The molecule has 1 aromatic carbocycles. The molecule has 1 aliphatic heterocycles. The summed E-state index contributed by atoms with van der Waals surface area (Å²) in [6.07, 6.45) is 3.22. The highest BCUT2D eigenvalue weighted by atomic mass is 32.2. The van der Waals surface area contributed by atoms with Gasteiger partial charge in [-0.05, 0) is 44.1 Å². The summed E-state index contributed by atoms with van der Waals surface area (Å²) in [6, 6.07) is 6.17. The number of carbonyl (C=O) groups excluding carboxylic acids is 1. The van der Waals surface area contributed by atoms with Gasteiger partial charge in [0.1, 0.15) is 0 Å². The van der Waals surface area contributed by atoms with E-state index >= 15 is 0 Å². The number of piperidine rings is 1. The first-order valence-electron chi connectivity index (χ1n) is 7.25. The summed E-state index contributed by atoms with van der Waals surface area (Å²) in [7, 11) is -3.62. The maximum absolute atomic E-state index is 12.2. The first-order valence-corrected chi connectivity index (χ1v) is 8.73. The summed E-state index contributed by atoms with van der Waals surface area (Å²) in [5, 5.41) is 6.18. The van der Waals surface area contributed by atoms with Crippen molar-refractivity contribution in [1.82, 2.24) is 15.4 Å². The molecule has 0 aromatic heterocycles. The number of sulfonamides is 1. The predicted molar refractivity (Wildman–Crippen MR) is 85.2 cm³/mol. The van der Waals surface area contributed by atoms with Crippen LogP contribution < -0.4 is 15.4 Å². The van der Waals surface area contributed by atoms with Crippen molar-refractivity contribution in [3.05, 3.63) is 42.5 Å². The highest BCUT2D eigenvalue weighted by Crippen LogP contribution is 2.12. The molecule has 3 N–H and O–H groups in total. The van der Waals surface area contributed by atoms with Gasteiger partial charge in [-0.15, -0.1) is 6.58 Å². The number of hydrogen-bond acceptors (Lipinski definition) is 4. The van der Waals surface area contributed by atoms with Crippen molar-refractivity contribution in [1.29, 1.82) is 0 Å². The lowest BCUT2D eigenvalue weighted by Gasteiger charge is -2.23. The number of nitrogens with one attached hydrogen (secondary N) is 3. The van der Waals surface area contributed by atoms with E-state index in [1.54, 1.807) is 12.1 Å². The standard InChI is InChI=1S/C15H21N3O3S/c1-2-8-17-22(20,21)14-5-3-4-12(11-14)15(19)18-13-6-9-16-10-7-13/h2-5,11,13,16-17H,1,6-10H2,(H,18,19). The fraction of sp³-hybridized carbons (Fsp3) is 0.400. The Morgan fingerprint density at radius 2 is 2.09 bits per heavy atom. The second kappa shape index (κ2) is 7.53. The monoisotopic (exact) mass is 323 g/mol. The van der Waals surface area contributed by atoms with E-state index in [2.05, 4.69) is 21.9 Å². The zero-order chi connectivity index (χ0) is 16.0. The molecule has 7 heteroatoms. The van der Waals surface area contributed by atoms with Gasteiger partial charge in [0.2, 0.25) is 10.0 Å². The van der Waals surface area contributed by atoms with Crippen LogP contribution in [0, 0.1) is 0 Å². The Labute approximate surface area is 131 Å². The minimum absolute atomic E-state index is 0.0762. The number of benzene rings is 1. The third-order valence-electron chi connectivity index (χ3n) is 3.50. The molecule has 120 valence electrons. The smallest absolute Gasteiger partial charge is 0.251 e. The predicted octanol–water partition coefficient (Wildman–Crippen LogP) is 0.633. The number of hydrogen-bond donors (Lipinski definition) is 3. The van der Waals surface area contributed by atoms with Gasteiger partial charge in [0.15, 0.2) is 0 Å². The summed E-state index contributed by atoms with van der Waals surface area (Å²) < 4.78 is 26.5. The minimum atomic E-state index is -3.62. The van der Waals surface area contributed by atoms with Gasteiger partial charge in [0.25, 0.3) is 5.91 Å². The van der Waals surface area contributed by atoms with Crippen molar-refractivity contribution in [3.63, 3.8) is 0 Å². The van der Waals surface area contributed by atoms with Crippen LogP contribution in [0.25, 0.3) is 0 Å². The normalized spacial score (nSPS) is 16.2. The van der Waals surface area contributed by atoms with Crippen molar-refractivity contribution in [3.8, 4) is 0 Å². The first kappa shape index (κ1) is 16.7. The lowest BCUT2D eigenvalue weighted by Crippen LogP contribution is -2.42. The molecule has 1 aromatic rings. The van der Waals surface area contributed by atoms with Gasteiger partial charge in [0.05, 0.1) is 4.90 Å². The third kappa shape index (κ3) is 4.40. The lowest BCUT2D eigenvalue weighted by molar-refractivity contribution is 0.0929. The van der Waals surface area contributed by atoms with Crippen LogP contribution in [0.2, 0.25) is 0 Å². The molecule has 0 bridgehead atoms. The molecule has 0 radical (unpaired) electrons. The molecule has 1 saturated heterocycles. The Bertz CT molecular complexity index is 637. The Balaban J connectivity index is 2.10. The van der Waals surface area contributed by atoms with Gasteiger partial charge < -0.3 is 10.6 Å². The van der Waals surface area contributed by atoms with Gasteiger partial charge >= 0.3 is 0 Å². The summed E-state index contributed by atoms with van der Waals surface area (Å²) in [6.45, 7) is 5.38. The van der Waals surface area contributed by atoms with Crippen molar-refractivity contribution in [2.24, 2.45) is 0 Å². The summed E-state index contributed by atoms with van der Waals surface area (Å²) in [5.74, 6) is -0.243. The largest absolute Gasteiger partial charge is 0.349 e. The van der Waals surface area contributed by atoms with Crippen LogP contribution in [0.15, 0.2) is 41.8 Å². The van der Waals surface area contributed by atoms with E-state index in [9.17, 15) is 13.2 Å². The first-order chi connectivity index (χ1) is 10.5. The van der Waals surface area contributed by atoms with Crippen LogP contribution in [0.1, 0.15) is 23.2 Å². The van der Waals surface area contributed by atoms with Crippen molar-refractivity contribution < 1.29 is 13.2 Å². The Morgan fingerprint density at radius 1 is 1.36 bits per heavy atom. The van der Waals surface area contributed by atoms with E-state index in [0.29, 0.717) is 5.56 Å². The molecule has 0 unspecified atom stereocenters. The molecule has 0 atom stereocenters. The van der Waals surface area contributed by atoms with Crippen molar-refractivity contribution in [2.75, 3.05) is 19.6 Å². The van der Waals surface area contributed by atoms with E-state index in [4.69, 9.17) is 0 Å². The molecule has 0 spiro atoms. The molecule has 22 heavy (non-hydrogen) atoms. The van der Waals surface area contributed by atoms with E-state index in [1.165, 1.54) is 18.2 Å². The quantitative estimate of drug-likeness (QED) is 0.670. The van der Waals surface area contributed by atoms with E-state index < -0.39 is 10.0 Å². The molecule has 0 saturated carbocycles. The second-order valence-electron chi connectivity index (χ2n) is 5.17. The highest BCUT2D eigenvalue weighted by Gasteiger charge is 2.18. The average molecular weight is 323 g/mol. The van der Waals surface area contributed by atoms with Crippen LogP contribution in [0.3, 0.4) is 0 Å². The molecule has 1 heterocycles. The fourth-order valence-corrected chi connectivity index (χ4v) is 3.34. The van der Waals surface area contributed by atoms with Crippen LogP contribution in [0.5, 0.6) is 0 Å². The summed E-state index contributed by atoms with van der Waals surface area (Å²) in [4.78, 5) is 12.3. The summed E-state index contributed by atoms with van der Waals surface area (Å²) in [5.41, 5.74) is 0.347. The number of carbonyl (C=O) groups is 1. The topological polar surface area (TPSA) is 87.3 Å². The average Bonchev–Trinajstić information content (AvgIpc) is 2.54. The third-order valence-corrected chi connectivity index (χ3v) is 4.92. The molecule has 1 fully saturated rings. The highest BCUT2D eigenvalue weighted by molar-refractivity contribution is 7.89. The molecular formula is C15H21N3O3S. The zero-order valence-corrected chi connectivity index (χ0v) is 13.2. The Kier molecular flexibility index (Phi) is 5.70. The van der Waals surface area contributed by atoms with Gasteiger partial charge in [-0.3, -0.25) is 4.79 Å². The van der Waals surface area contributed by atoms with Crippen LogP contribution in [-0.4, -0.2) is 40.0 Å². The fourth-order valence-electron chi connectivity index (χ4n) is 2.29. The van der Waals surface area contributed by atoms with Gasteiger partial charge in [-0.2, -0.15) is 0 Å². The minimum Gasteiger partial charge on any atom is -0.349 e. The van der Waals surface area contributed by atoms with Crippen molar-refractivity contribution >= 4 is 15.9 Å². The van der Waals surface area contributed by atoms with Gasteiger partial charge in [-0.25, -0.2) is 13.1 Å².